The maximum absolute atomic E-state index is 11.1. The van der Waals surface area contributed by atoms with Crippen LogP contribution in [0.25, 0.3) is 0 Å². The number of hydrogen-bond donors (Lipinski definition) is 1. The molecule has 1 amide bonds. The molecule has 0 aliphatic heterocycles. The minimum atomic E-state index is -0.121. The molecule has 0 bridgehead atoms. The van der Waals surface area contributed by atoms with Crippen molar-refractivity contribution in [3.63, 3.8) is 0 Å². The summed E-state index contributed by atoms with van der Waals surface area (Å²) >= 11 is 8.65. The Morgan fingerprint density at radius 1 is 1.62 bits per heavy atom. The Bertz CT molecular complexity index is 289. The largest absolute Gasteiger partial charge is 0.311 e. The summed E-state index contributed by atoms with van der Waals surface area (Å²) in [4.78, 5) is 15.0. The van der Waals surface area contributed by atoms with Gasteiger partial charge in [0.1, 0.15) is 5.82 Å². The van der Waals surface area contributed by atoms with E-state index in [1.807, 2.05) is 6.07 Å². The highest BCUT2D eigenvalue weighted by Gasteiger charge is 2.00. The van der Waals surface area contributed by atoms with Gasteiger partial charge in [-0.15, -0.1) is 11.6 Å². The van der Waals surface area contributed by atoms with Crippen molar-refractivity contribution in [2.75, 3.05) is 11.2 Å². The lowest BCUT2D eigenvalue weighted by Gasteiger charge is -2.01. The highest BCUT2D eigenvalue weighted by molar-refractivity contribution is 9.10. The molecular formula is C8H8BrClN2O. The van der Waals surface area contributed by atoms with Gasteiger partial charge in [0.25, 0.3) is 0 Å². The fourth-order valence-corrected chi connectivity index (χ4v) is 1.15. The van der Waals surface area contributed by atoms with Crippen LogP contribution >= 0.6 is 27.5 Å². The minimum absolute atomic E-state index is 0.121. The van der Waals surface area contributed by atoms with E-state index in [-0.39, 0.29) is 5.91 Å². The number of pyridine rings is 1. The van der Waals surface area contributed by atoms with E-state index in [4.69, 9.17) is 11.6 Å². The summed E-state index contributed by atoms with van der Waals surface area (Å²) < 4.78 is 0.878. The maximum atomic E-state index is 11.1. The molecule has 1 aromatic rings. The van der Waals surface area contributed by atoms with Gasteiger partial charge in [0.05, 0.1) is 0 Å². The summed E-state index contributed by atoms with van der Waals surface area (Å²) in [6, 6.07) is 3.53. The molecule has 0 atom stereocenters. The normalized spacial score (nSPS) is 9.69. The number of alkyl halides is 1. The number of anilines is 1. The molecule has 0 aliphatic rings. The lowest BCUT2D eigenvalue weighted by molar-refractivity contribution is -0.115. The number of nitrogens with one attached hydrogen (secondary N) is 1. The van der Waals surface area contributed by atoms with E-state index in [0.29, 0.717) is 18.1 Å². The van der Waals surface area contributed by atoms with Crippen LogP contribution in [0.4, 0.5) is 5.82 Å². The summed E-state index contributed by atoms with van der Waals surface area (Å²) in [6.45, 7) is 0. The first kappa shape index (κ1) is 10.5. The zero-order valence-corrected chi connectivity index (χ0v) is 9.10. The molecule has 1 aromatic heterocycles. The Hall–Kier alpha value is -0.610. The molecule has 13 heavy (non-hydrogen) atoms. The number of hydrogen-bond acceptors (Lipinski definition) is 2. The van der Waals surface area contributed by atoms with Crippen molar-refractivity contribution in [2.45, 2.75) is 6.42 Å². The number of nitrogens with zero attached hydrogens (tertiary/aromatic N) is 1. The van der Waals surface area contributed by atoms with Crippen molar-refractivity contribution in [3.8, 4) is 0 Å². The fraction of sp³-hybridized carbons (Fsp3) is 0.250. The Morgan fingerprint density at radius 3 is 2.92 bits per heavy atom. The number of aromatic nitrogens is 1. The first-order valence-electron chi connectivity index (χ1n) is 3.70. The lowest BCUT2D eigenvalue weighted by atomic mass is 10.4. The van der Waals surface area contributed by atoms with Gasteiger partial charge in [-0.1, -0.05) is 0 Å². The van der Waals surface area contributed by atoms with Gasteiger partial charge in [0.15, 0.2) is 0 Å². The second kappa shape index (κ2) is 5.19. The average molecular weight is 264 g/mol. The van der Waals surface area contributed by atoms with Gasteiger partial charge < -0.3 is 5.32 Å². The van der Waals surface area contributed by atoms with Crippen molar-refractivity contribution < 1.29 is 4.79 Å². The van der Waals surface area contributed by atoms with E-state index in [2.05, 4.69) is 26.2 Å². The van der Waals surface area contributed by atoms with Gasteiger partial charge in [-0.25, -0.2) is 4.98 Å². The van der Waals surface area contributed by atoms with Crippen molar-refractivity contribution in [2.24, 2.45) is 0 Å². The van der Waals surface area contributed by atoms with E-state index in [0.717, 1.165) is 4.47 Å². The Kier molecular flexibility index (Phi) is 4.18. The third kappa shape index (κ3) is 3.74. The van der Waals surface area contributed by atoms with Gasteiger partial charge in [0.2, 0.25) is 5.91 Å². The molecule has 1 N–H and O–H groups in total. The highest BCUT2D eigenvalue weighted by Crippen LogP contribution is 2.10. The van der Waals surface area contributed by atoms with Crippen LogP contribution in [0, 0.1) is 0 Å². The van der Waals surface area contributed by atoms with Crippen molar-refractivity contribution in [1.29, 1.82) is 0 Å². The smallest absolute Gasteiger partial charge is 0.226 e. The molecule has 0 unspecified atom stereocenters. The molecular weight excluding hydrogens is 255 g/mol. The van der Waals surface area contributed by atoms with Crippen molar-refractivity contribution in [1.82, 2.24) is 4.98 Å². The molecule has 70 valence electrons. The van der Waals surface area contributed by atoms with Crippen LogP contribution in [0.2, 0.25) is 0 Å². The van der Waals surface area contributed by atoms with E-state index >= 15 is 0 Å². The Labute approximate surface area is 89.6 Å². The predicted octanol–water partition coefficient (Wildman–Crippen LogP) is 2.41. The topological polar surface area (TPSA) is 42.0 Å². The van der Waals surface area contributed by atoms with Gasteiger partial charge in [-0.3, -0.25) is 4.79 Å². The van der Waals surface area contributed by atoms with Gasteiger partial charge >= 0.3 is 0 Å². The van der Waals surface area contributed by atoms with E-state index < -0.39 is 0 Å². The third-order valence-corrected chi connectivity index (χ3v) is 1.97. The first-order chi connectivity index (χ1) is 6.22. The molecule has 1 rings (SSSR count). The molecule has 0 saturated carbocycles. The van der Waals surface area contributed by atoms with E-state index in [1.165, 1.54) is 0 Å². The van der Waals surface area contributed by atoms with E-state index in [9.17, 15) is 4.79 Å². The van der Waals surface area contributed by atoms with Crippen LogP contribution in [0.15, 0.2) is 22.8 Å². The predicted molar refractivity (Wildman–Crippen MR) is 55.9 cm³/mol. The number of carbonyl (C=O) groups excluding carboxylic acids is 1. The molecule has 0 spiro atoms. The zero-order chi connectivity index (χ0) is 9.68. The van der Waals surface area contributed by atoms with Crippen molar-refractivity contribution >= 4 is 39.3 Å². The molecule has 0 aliphatic carbocycles. The molecule has 5 heteroatoms. The summed E-state index contributed by atoms with van der Waals surface area (Å²) in [7, 11) is 0. The fourth-order valence-electron chi connectivity index (χ4n) is 0.741. The Morgan fingerprint density at radius 2 is 2.38 bits per heavy atom. The quantitative estimate of drug-likeness (QED) is 0.851. The monoisotopic (exact) mass is 262 g/mol. The molecule has 3 nitrogen and oxygen atoms in total. The highest BCUT2D eigenvalue weighted by atomic mass is 79.9. The van der Waals surface area contributed by atoms with Gasteiger partial charge in [-0.2, -0.15) is 0 Å². The van der Waals surface area contributed by atoms with Crippen LogP contribution in [0.5, 0.6) is 0 Å². The number of rotatable bonds is 3. The Balaban J connectivity index is 2.54. The third-order valence-electron chi connectivity index (χ3n) is 1.32. The van der Waals surface area contributed by atoms with Crippen molar-refractivity contribution in [3.05, 3.63) is 22.8 Å². The SMILES string of the molecule is O=C(CCCl)Nc1ccc(Br)cn1. The molecule has 1 heterocycles. The number of amides is 1. The first-order valence-corrected chi connectivity index (χ1v) is 5.02. The second-order valence-electron chi connectivity index (χ2n) is 2.35. The van der Waals surface area contributed by atoms with Crippen LogP contribution in [-0.2, 0) is 4.79 Å². The summed E-state index contributed by atoms with van der Waals surface area (Å²) in [6.07, 6.45) is 1.93. The molecule has 0 aromatic carbocycles. The maximum Gasteiger partial charge on any atom is 0.226 e. The molecule has 0 fully saturated rings. The summed E-state index contributed by atoms with van der Waals surface area (Å²) in [5, 5.41) is 2.61. The average Bonchev–Trinajstić information content (AvgIpc) is 2.09. The van der Waals surface area contributed by atoms with Gasteiger partial charge in [-0.05, 0) is 28.1 Å². The minimum Gasteiger partial charge on any atom is -0.311 e. The van der Waals surface area contributed by atoms with Crippen LogP contribution in [0.1, 0.15) is 6.42 Å². The van der Waals surface area contributed by atoms with E-state index in [1.54, 1.807) is 12.3 Å². The zero-order valence-electron chi connectivity index (χ0n) is 6.76. The molecule has 0 saturated heterocycles. The summed E-state index contributed by atoms with van der Waals surface area (Å²) in [5.74, 6) is 0.741. The second-order valence-corrected chi connectivity index (χ2v) is 3.64. The number of halogens is 2. The molecule has 0 radical (unpaired) electrons. The summed E-state index contributed by atoms with van der Waals surface area (Å²) in [5.41, 5.74) is 0. The van der Waals surface area contributed by atoms with Gasteiger partial charge in [0, 0.05) is 23.0 Å². The standard InChI is InChI=1S/C8H8BrClN2O/c9-6-1-2-7(11-5-6)12-8(13)3-4-10/h1-2,5H,3-4H2,(H,11,12,13). The number of carbonyl (C=O) groups is 1. The van der Waals surface area contributed by atoms with Crippen LogP contribution in [-0.4, -0.2) is 16.8 Å². The van der Waals surface area contributed by atoms with Crippen LogP contribution < -0.4 is 5.32 Å². The van der Waals surface area contributed by atoms with Crippen LogP contribution in [0.3, 0.4) is 0 Å². The lowest BCUT2D eigenvalue weighted by Crippen LogP contribution is -2.12.